The summed E-state index contributed by atoms with van der Waals surface area (Å²) in [5.41, 5.74) is 6.83. The summed E-state index contributed by atoms with van der Waals surface area (Å²) in [6.07, 6.45) is 4.95. The van der Waals surface area contributed by atoms with Gasteiger partial charge in [-0.2, -0.15) is 9.78 Å². The normalized spacial score (nSPS) is 15.6. The van der Waals surface area contributed by atoms with Crippen molar-refractivity contribution < 1.29 is 19.7 Å². The van der Waals surface area contributed by atoms with Gasteiger partial charge in [0.15, 0.2) is 12.1 Å². The van der Waals surface area contributed by atoms with Crippen molar-refractivity contribution in [1.29, 1.82) is 0 Å². The molecule has 0 atom stereocenters. The van der Waals surface area contributed by atoms with Crippen LogP contribution in [-0.2, 0) is 19.6 Å². The lowest BCUT2D eigenvalue weighted by Crippen LogP contribution is -2.36. The van der Waals surface area contributed by atoms with Gasteiger partial charge in [-0.3, -0.25) is 4.90 Å². The van der Waals surface area contributed by atoms with E-state index in [0.29, 0.717) is 12.4 Å². The van der Waals surface area contributed by atoms with Crippen LogP contribution in [0.25, 0.3) is 17.1 Å². The second-order valence-corrected chi connectivity index (χ2v) is 10.9. The van der Waals surface area contributed by atoms with Gasteiger partial charge in [0.25, 0.3) is 0 Å². The average molecular weight is 541 g/mol. The zero-order chi connectivity index (χ0) is 27.6. The first-order valence-corrected chi connectivity index (χ1v) is 14.0. The van der Waals surface area contributed by atoms with Crippen molar-refractivity contribution in [1.82, 2.24) is 19.7 Å². The number of aliphatic hydroxyl groups excluding tert-OH is 1. The number of hydrogen-bond donors (Lipinski definition) is 2. The zero-order valence-corrected chi connectivity index (χ0v) is 23.1. The molecule has 3 heterocycles. The molecule has 2 aliphatic rings. The van der Waals surface area contributed by atoms with E-state index in [1.54, 1.807) is 6.07 Å². The average Bonchev–Trinajstić information content (AvgIpc) is 3.39. The van der Waals surface area contributed by atoms with Gasteiger partial charge in [0.05, 0.1) is 24.6 Å². The van der Waals surface area contributed by atoms with Gasteiger partial charge in [-0.05, 0) is 72.6 Å². The molecule has 1 fully saturated rings. The standard InChI is InChI=1S/C32H36N4O4/c1-21-6-3-9-26(28-10-5-11-29(34-28)36-31(39-2)27(17-33-36)32(37)38)30(21)40-20-23-12-13-25-19-35(15-14-24(25)16-23)18-22-7-4-8-22/h3,5-6,9-13,16-17,22,32,37-38H,4,7-8,14-15,18-20H2,1-2H3. The summed E-state index contributed by atoms with van der Waals surface area (Å²) in [5, 5.41) is 23.6. The Hall–Kier alpha value is -3.72. The van der Waals surface area contributed by atoms with Crippen LogP contribution in [-0.4, -0.2) is 50.1 Å². The molecule has 6 rings (SSSR count). The van der Waals surface area contributed by atoms with E-state index in [-0.39, 0.29) is 11.4 Å². The number of pyridine rings is 1. The van der Waals surface area contributed by atoms with Crippen LogP contribution in [0.1, 0.15) is 53.4 Å². The summed E-state index contributed by atoms with van der Waals surface area (Å²) < 4.78 is 13.3. The SMILES string of the molecule is COc1c(C(O)O)cnn1-c1cccc(-c2cccc(C)c2OCc2ccc3c(c2)CCN(CC2CCC2)C3)n1. The molecule has 8 heteroatoms. The van der Waals surface area contributed by atoms with Crippen LogP contribution >= 0.6 is 0 Å². The number of ether oxygens (including phenoxy) is 2. The summed E-state index contributed by atoms with van der Waals surface area (Å²) in [6, 6.07) is 18.4. The molecular formula is C32H36N4O4. The lowest BCUT2D eigenvalue weighted by Gasteiger charge is -2.35. The molecule has 1 aliphatic heterocycles. The molecule has 8 nitrogen and oxygen atoms in total. The fourth-order valence-electron chi connectivity index (χ4n) is 5.74. The highest BCUT2D eigenvalue weighted by molar-refractivity contribution is 5.69. The molecule has 0 unspecified atom stereocenters. The molecular weight excluding hydrogens is 504 g/mol. The number of fused-ring (bicyclic) bond motifs is 1. The topological polar surface area (TPSA) is 92.9 Å². The van der Waals surface area contributed by atoms with Crippen molar-refractivity contribution in [3.8, 4) is 28.7 Å². The molecule has 2 N–H and O–H groups in total. The van der Waals surface area contributed by atoms with Crippen LogP contribution in [0, 0.1) is 12.8 Å². The number of methoxy groups -OCH3 is 1. The van der Waals surface area contributed by atoms with Crippen LogP contribution in [0.5, 0.6) is 11.6 Å². The van der Waals surface area contributed by atoms with Gasteiger partial charge in [0.1, 0.15) is 12.4 Å². The Bertz CT molecular complexity index is 1490. The van der Waals surface area contributed by atoms with E-state index in [1.807, 2.05) is 37.3 Å². The molecule has 0 bridgehead atoms. The Morgan fingerprint density at radius 1 is 1.05 bits per heavy atom. The van der Waals surface area contributed by atoms with Crippen molar-refractivity contribution in [2.45, 2.75) is 52.0 Å². The van der Waals surface area contributed by atoms with Crippen molar-refractivity contribution in [3.05, 3.63) is 88.6 Å². The lowest BCUT2D eigenvalue weighted by molar-refractivity contribution is -0.0439. The Morgan fingerprint density at radius 2 is 1.90 bits per heavy atom. The Labute approximate surface area is 234 Å². The maximum absolute atomic E-state index is 9.65. The molecule has 1 aliphatic carbocycles. The van der Waals surface area contributed by atoms with Gasteiger partial charge < -0.3 is 19.7 Å². The van der Waals surface area contributed by atoms with E-state index in [0.717, 1.165) is 48.0 Å². The number of aliphatic hydroxyl groups is 2. The second kappa shape index (κ2) is 11.4. The van der Waals surface area contributed by atoms with Gasteiger partial charge in [-0.25, -0.2) is 4.98 Å². The van der Waals surface area contributed by atoms with E-state index < -0.39 is 6.29 Å². The summed E-state index contributed by atoms with van der Waals surface area (Å²) in [7, 11) is 1.46. The monoisotopic (exact) mass is 540 g/mol. The largest absolute Gasteiger partial charge is 0.488 e. The van der Waals surface area contributed by atoms with Gasteiger partial charge in [-0.15, -0.1) is 0 Å². The zero-order valence-electron chi connectivity index (χ0n) is 23.1. The van der Waals surface area contributed by atoms with Crippen LogP contribution in [0.15, 0.2) is 60.8 Å². The van der Waals surface area contributed by atoms with E-state index in [2.05, 4.69) is 28.2 Å². The third-order valence-electron chi connectivity index (χ3n) is 8.15. The number of rotatable bonds is 9. The number of aromatic nitrogens is 3. The minimum atomic E-state index is -1.70. The minimum absolute atomic E-state index is 0.172. The molecule has 4 aromatic rings. The molecule has 208 valence electrons. The van der Waals surface area contributed by atoms with E-state index in [9.17, 15) is 10.2 Å². The van der Waals surface area contributed by atoms with E-state index in [1.165, 1.54) is 60.5 Å². The van der Waals surface area contributed by atoms with Crippen molar-refractivity contribution in [2.24, 2.45) is 5.92 Å². The first-order valence-electron chi connectivity index (χ1n) is 14.0. The minimum Gasteiger partial charge on any atom is -0.488 e. The molecule has 0 saturated heterocycles. The van der Waals surface area contributed by atoms with Crippen molar-refractivity contribution in [2.75, 3.05) is 20.2 Å². The smallest absolute Gasteiger partial charge is 0.226 e. The number of benzene rings is 2. The predicted octanol–water partition coefficient (Wildman–Crippen LogP) is 4.97. The third-order valence-corrected chi connectivity index (χ3v) is 8.15. The third kappa shape index (κ3) is 5.35. The fraction of sp³-hybridized carbons (Fsp3) is 0.375. The molecule has 1 saturated carbocycles. The van der Waals surface area contributed by atoms with Crippen LogP contribution in [0.2, 0.25) is 0 Å². The Morgan fingerprint density at radius 3 is 2.67 bits per heavy atom. The molecule has 0 radical (unpaired) electrons. The van der Waals surface area contributed by atoms with E-state index in [4.69, 9.17) is 14.5 Å². The number of aryl methyl sites for hydroxylation is 1. The van der Waals surface area contributed by atoms with E-state index >= 15 is 0 Å². The van der Waals surface area contributed by atoms with Crippen molar-refractivity contribution >= 4 is 0 Å². The number of hydrogen-bond acceptors (Lipinski definition) is 7. The highest BCUT2D eigenvalue weighted by atomic mass is 16.5. The van der Waals surface area contributed by atoms with Gasteiger partial charge in [0.2, 0.25) is 5.88 Å². The number of para-hydroxylation sites is 1. The van der Waals surface area contributed by atoms with Crippen LogP contribution < -0.4 is 9.47 Å². The molecule has 0 amide bonds. The van der Waals surface area contributed by atoms with Gasteiger partial charge >= 0.3 is 0 Å². The second-order valence-electron chi connectivity index (χ2n) is 10.9. The van der Waals surface area contributed by atoms with Gasteiger partial charge in [0, 0.05) is 25.2 Å². The molecule has 2 aromatic heterocycles. The fourth-order valence-corrected chi connectivity index (χ4v) is 5.74. The quantitative estimate of drug-likeness (QED) is 0.290. The summed E-state index contributed by atoms with van der Waals surface area (Å²) in [5.74, 6) is 2.41. The summed E-state index contributed by atoms with van der Waals surface area (Å²) >= 11 is 0. The Balaban J connectivity index is 1.21. The predicted molar refractivity (Wildman–Crippen MR) is 152 cm³/mol. The first-order chi connectivity index (χ1) is 19.5. The lowest BCUT2D eigenvalue weighted by atomic mass is 9.84. The summed E-state index contributed by atoms with van der Waals surface area (Å²) in [4.78, 5) is 7.44. The van der Waals surface area contributed by atoms with Crippen LogP contribution in [0.4, 0.5) is 0 Å². The Kier molecular flexibility index (Phi) is 7.56. The van der Waals surface area contributed by atoms with Crippen LogP contribution in [0.3, 0.4) is 0 Å². The van der Waals surface area contributed by atoms with Crippen molar-refractivity contribution in [3.63, 3.8) is 0 Å². The highest BCUT2D eigenvalue weighted by Gasteiger charge is 2.24. The molecule has 2 aromatic carbocycles. The number of nitrogens with zero attached hydrogens (tertiary/aromatic N) is 4. The van der Waals surface area contributed by atoms with Gasteiger partial charge in [-0.1, -0.05) is 42.8 Å². The first kappa shape index (κ1) is 26.5. The maximum atomic E-state index is 9.65. The highest BCUT2D eigenvalue weighted by Crippen LogP contribution is 2.34. The molecule has 0 spiro atoms. The summed E-state index contributed by atoms with van der Waals surface area (Å²) in [6.45, 7) is 5.95. The molecule has 40 heavy (non-hydrogen) atoms. The maximum Gasteiger partial charge on any atom is 0.226 e.